The molecule has 0 radical (unpaired) electrons. The Morgan fingerprint density at radius 2 is 1.78 bits per heavy atom. The van der Waals surface area contributed by atoms with E-state index in [-0.39, 0.29) is 23.4 Å². The van der Waals surface area contributed by atoms with Crippen LogP contribution in [0.1, 0.15) is 52.0 Å². The second-order valence-corrected chi connectivity index (χ2v) is 7.67. The van der Waals surface area contributed by atoms with Crippen LogP contribution in [-0.2, 0) is 6.54 Å². The fourth-order valence-corrected chi connectivity index (χ4v) is 3.20. The van der Waals surface area contributed by atoms with E-state index in [1.807, 2.05) is 12.1 Å². The zero-order valence-electron chi connectivity index (χ0n) is 14.8. The molecule has 0 unspecified atom stereocenters. The van der Waals surface area contributed by atoms with Crippen molar-refractivity contribution >= 4 is 23.4 Å². The van der Waals surface area contributed by atoms with Crippen LogP contribution >= 0.6 is 11.6 Å². The molecule has 0 saturated heterocycles. The molecule has 2 aromatic carbocycles. The summed E-state index contributed by atoms with van der Waals surface area (Å²) in [6.45, 7) is 0.375. The Bertz CT molecular complexity index is 876. The summed E-state index contributed by atoms with van der Waals surface area (Å²) in [5.74, 6) is -0.990. The van der Waals surface area contributed by atoms with Gasteiger partial charge in [-0.1, -0.05) is 23.7 Å². The fourth-order valence-electron chi connectivity index (χ4n) is 3.02. The molecule has 0 atom stereocenters. The third-order valence-electron chi connectivity index (χ3n) is 4.89. The standard InChI is InChI=1S/C21H20ClFN2O2/c22-15-5-10-19(23)18(11-15)21(27)25(17-8-9-17)12-13-1-3-14(4-2-13)20(26)24-16-6-7-16/h1-5,10-11,16-17H,6-9,12H2,(H,24,26). The van der Waals surface area contributed by atoms with E-state index in [0.29, 0.717) is 23.2 Å². The molecule has 0 aliphatic heterocycles. The average Bonchev–Trinajstić information content (AvgIpc) is 3.56. The van der Waals surface area contributed by atoms with Gasteiger partial charge in [0.25, 0.3) is 11.8 Å². The van der Waals surface area contributed by atoms with E-state index < -0.39 is 5.82 Å². The van der Waals surface area contributed by atoms with E-state index in [4.69, 9.17) is 11.6 Å². The van der Waals surface area contributed by atoms with E-state index >= 15 is 0 Å². The van der Waals surface area contributed by atoms with Crippen LogP contribution in [0.15, 0.2) is 42.5 Å². The minimum atomic E-state index is -0.567. The van der Waals surface area contributed by atoms with E-state index in [9.17, 15) is 14.0 Å². The first-order chi connectivity index (χ1) is 13.0. The Kier molecular flexibility index (Phi) is 4.87. The van der Waals surface area contributed by atoms with Gasteiger partial charge in [0.2, 0.25) is 0 Å². The highest BCUT2D eigenvalue weighted by atomic mass is 35.5. The topological polar surface area (TPSA) is 49.4 Å². The van der Waals surface area contributed by atoms with Crippen LogP contribution in [0.5, 0.6) is 0 Å². The summed E-state index contributed by atoms with van der Waals surface area (Å²) in [5, 5.41) is 3.29. The first-order valence-corrected chi connectivity index (χ1v) is 9.55. The summed E-state index contributed by atoms with van der Waals surface area (Å²) in [6, 6.07) is 11.7. The number of nitrogens with one attached hydrogen (secondary N) is 1. The van der Waals surface area contributed by atoms with Crippen molar-refractivity contribution in [2.24, 2.45) is 0 Å². The lowest BCUT2D eigenvalue weighted by Gasteiger charge is -2.23. The van der Waals surface area contributed by atoms with Crippen molar-refractivity contribution in [3.63, 3.8) is 0 Å². The average molecular weight is 387 g/mol. The lowest BCUT2D eigenvalue weighted by Crippen LogP contribution is -2.33. The minimum absolute atomic E-state index is 0.00479. The molecule has 6 heteroatoms. The number of halogens is 2. The van der Waals surface area contributed by atoms with Gasteiger partial charge in [-0.05, 0) is 61.6 Å². The maximum atomic E-state index is 14.1. The molecule has 2 aliphatic carbocycles. The largest absolute Gasteiger partial charge is 0.349 e. The summed E-state index contributed by atoms with van der Waals surface area (Å²) in [6.07, 6.45) is 3.91. The number of nitrogens with zero attached hydrogens (tertiary/aromatic N) is 1. The molecule has 4 nitrogen and oxygen atoms in total. The molecule has 2 aliphatic rings. The van der Waals surface area contributed by atoms with Crippen molar-refractivity contribution in [1.29, 1.82) is 0 Å². The third kappa shape index (κ3) is 4.30. The van der Waals surface area contributed by atoms with Gasteiger partial charge in [-0.25, -0.2) is 4.39 Å². The minimum Gasteiger partial charge on any atom is -0.349 e. The molecule has 2 aromatic rings. The number of hydrogen-bond acceptors (Lipinski definition) is 2. The first kappa shape index (κ1) is 18.0. The van der Waals surface area contributed by atoms with Crippen LogP contribution in [0.25, 0.3) is 0 Å². The molecular formula is C21H20ClFN2O2. The lowest BCUT2D eigenvalue weighted by molar-refractivity contribution is 0.0724. The summed E-state index contributed by atoms with van der Waals surface area (Å²) >= 11 is 5.93. The molecule has 0 bridgehead atoms. The highest BCUT2D eigenvalue weighted by molar-refractivity contribution is 6.31. The highest BCUT2D eigenvalue weighted by Gasteiger charge is 2.34. The number of carbonyl (C=O) groups excluding carboxylic acids is 2. The number of benzene rings is 2. The summed E-state index contributed by atoms with van der Waals surface area (Å²) < 4.78 is 14.1. The van der Waals surface area contributed by atoms with Gasteiger partial charge in [-0.2, -0.15) is 0 Å². The van der Waals surface area contributed by atoms with Crippen LogP contribution in [0.3, 0.4) is 0 Å². The van der Waals surface area contributed by atoms with E-state index in [2.05, 4.69) is 5.32 Å². The maximum Gasteiger partial charge on any atom is 0.257 e. The lowest BCUT2D eigenvalue weighted by atomic mass is 10.1. The summed E-state index contributed by atoms with van der Waals surface area (Å²) in [5.41, 5.74) is 1.51. The highest BCUT2D eigenvalue weighted by Crippen LogP contribution is 2.31. The third-order valence-corrected chi connectivity index (χ3v) is 5.12. The van der Waals surface area contributed by atoms with Crippen LogP contribution < -0.4 is 5.32 Å². The Labute approximate surface area is 162 Å². The van der Waals surface area contributed by atoms with Crippen molar-refractivity contribution in [3.05, 3.63) is 70.0 Å². The van der Waals surface area contributed by atoms with Gasteiger partial charge < -0.3 is 10.2 Å². The van der Waals surface area contributed by atoms with Crippen LogP contribution in [-0.4, -0.2) is 28.8 Å². The maximum absolute atomic E-state index is 14.1. The van der Waals surface area contributed by atoms with Gasteiger partial charge in [0.05, 0.1) is 5.56 Å². The van der Waals surface area contributed by atoms with Crippen molar-refractivity contribution in [3.8, 4) is 0 Å². The first-order valence-electron chi connectivity index (χ1n) is 9.17. The number of carbonyl (C=O) groups is 2. The van der Waals surface area contributed by atoms with Gasteiger partial charge in [0.1, 0.15) is 5.82 Å². The molecule has 0 heterocycles. The smallest absolute Gasteiger partial charge is 0.257 e. The van der Waals surface area contributed by atoms with Crippen LogP contribution in [0.2, 0.25) is 5.02 Å². The Morgan fingerprint density at radius 1 is 1.07 bits per heavy atom. The van der Waals surface area contributed by atoms with Gasteiger partial charge in [0, 0.05) is 29.2 Å². The van der Waals surface area contributed by atoms with Gasteiger partial charge in [-0.15, -0.1) is 0 Å². The number of amides is 2. The second kappa shape index (κ2) is 7.31. The molecule has 27 heavy (non-hydrogen) atoms. The van der Waals surface area contributed by atoms with Crippen LogP contribution in [0, 0.1) is 5.82 Å². The second-order valence-electron chi connectivity index (χ2n) is 7.23. The predicted molar refractivity (Wildman–Crippen MR) is 101 cm³/mol. The van der Waals surface area contributed by atoms with Gasteiger partial charge in [-0.3, -0.25) is 9.59 Å². The monoisotopic (exact) mass is 386 g/mol. The van der Waals surface area contributed by atoms with Crippen LogP contribution in [0.4, 0.5) is 4.39 Å². The molecule has 0 spiro atoms. The molecular weight excluding hydrogens is 367 g/mol. The quantitative estimate of drug-likeness (QED) is 0.809. The van der Waals surface area contributed by atoms with Crippen molar-refractivity contribution in [2.75, 3.05) is 0 Å². The summed E-state index contributed by atoms with van der Waals surface area (Å²) in [7, 11) is 0. The Hall–Kier alpha value is -2.40. The predicted octanol–water partition coefficient (Wildman–Crippen LogP) is 4.18. The molecule has 4 rings (SSSR count). The SMILES string of the molecule is O=C(NC1CC1)c1ccc(CN(C(=O)c2cc(Cl)ccc2F)C2CC2)cc1. The van der Waals surface area contributed by atoms with Gasteiger partial charge >= 0.3 is 0 Å². The van der Waals surface area contributed by atoms with Gasteiger partial charge in [0.15, 0.2) is 0 Å². The van der Waals surface area contributed by atoms with Crippen molar-refractivity contribution < 1.29 is 14.0 Å². The van der Waals surface area contributed by atoms with E-state index in [1.165, 1.54) is 18.2 Å². The Balaban J connectivity index is 1.49. The summed E-state index contributed by atoms with van der Waals surface area (Å²) in [4.78, 5) is 26.6. The van der Waals surface area contributed by atoms with Crippen molar-refractivity contribution in [2.45, 2.75) is 44.3 Å². The van der Waals surface area contributed by atoms with Crippen molar-refractivity contribution in [1.82, 2.24) is 10.2 Å². The number of hydrogen-bond donors (Lipinski definition) is 1. The van der Waals surface area contributed by atoms with E-state index in [0.717, 1.165) is 31.2 Å². The molecule has 0 aromatic heterocycles. The van der Waals surface area contributed by atoms with E-state index in [1.54, 1.807) is 17.0 Å². The zero-order valence-corrected chi connectivity index (χ0v) is 15.5. The molecule has 2 saturated carbocycles. The normalized spacial score (nSPS) is 16.1. The fraction of sp³-hybridized carbons (Fsp3) is 0.333. The molecule has 1 N–H and O–H groups in total. The molecule has 2 fully saturated rings. The molecule has 2 amide bonds. The Morgan fingerprint density at radius 3 is 2.41 bits per heavy atom. The molecule has 140 valence electrons. The zero-order chi connectivity index (χ0) is 19.0. The number of rotatable bonds is 6.